The molecule has 1 nitrogen and oxygen atoms in total. The van der Waals surface area contributed by atoms with Crippen LogP contribution in [-0.4, -0.2) is 17.3 Å². The van der Waals surface area contributed by atoms with Gasteiger partial charge in [0.15, 0.2) is 0 Å². The Labute approximate surface area is 77.4 Å². The highest BCUT2D eigenvalue weighted by atomic mass is 79.9. The summed E-state index contributed by atoms with van der Waals surface area (Å²) in [6.07, 6.45) is -2.57. The van der Waals surface area contributed by atoms with E-state index < -0.39 is 12.5 Å². The van der Waals surface area contributed by atoms with Crippen LogP contribution in [0, 0.1) is 0 Å². The van der Waals surface area contributed by atoms with Crippen molar-refractivity contribution >= 4 is 15.9 Å². The second-order valence-corrected chi connectivity index (χ2v) is 4.23. The van der Waals surface area contributed by atoms with Crippen LogP contribution in [-0.2, 0) is 4.74 Å². The lowest BCUT2D eigenvalue weighted by Gasteiger charge is -2.25. The molecule has 0 bridgehead atoms. The number of halogens is 4. The van der Waals surface area contributed by atoms with Crippen molar-refractivity contribution in [3.05, 3.63) is 0 Å². The molecule has 72 valence electrons. The molecule has 1 rings (SSSR count). The first-order valence-electron chi connectivity index (χ1n) is 3.86. The largest absolute Gasteiger partial charge is 0.522 e. The van der Waals surface area contributed by atoms with E-state index >= 15 is 0 Å². The maximum Gasteiger partial charge on any atom is 0.522 e. The molecule has 0 amide bonds. The van der Waals surface area contributed by atoms with Crippen molar-refractivity contribution < 1.29 is 17.9 Å². The summed E-state index contributed by atoms with van der Waals surface area (Å²) >= 11 is 3.36. The molecule has 0 atom stereocenters. The SMILES string of the molecule is FC(F)(F)OC1CCC(Br)CC1. The normalized spacial score (nSPS) is 32.0. The Hall–Kier alpha value is 0.230. The molecule has 0 aliphatic heterocycles. The van der Waals surface area contributed by atoms with Crippen molar-refractivity contribution in [2.75, 3.05) is 0 Å². The third-order valence-corrected chi connectivity index (χ3v) is 2.82. The van der Waals surface area contributed by atoms with Crippen LogP contribution in [0.15, 0.2) is 0 Å². The summed E-state index contributed by atoms with van der Waals surface area (Å²) < 4.78 is 39.0. The Bertz CT molecular complexity index is 140. The van der Waals surface area contributed by atoms with E-state index in [1.807, 2.05) is 0 Å². The number of hydrogen-bond donors (Lipinski definition) is 0. The Morgan fingerprint density at radius 3 is 2.00 bits per heavy atom. The highest BCUT2D eigenvalue weighted by molar-refractivity contribution is 9.09. The van der Waals surface area contributed by atoms with Gasteiger partial charge in [-0.1, -0.05) is 15.9 Å². The molecule has 1 fully saturated rings. The van der Waals surface area contributed by atoms with Gasteiger partial charge >= 0.3 is 6.36 Å². The van der Waals surface area contributed by atoms with Gasteiger partial charge in [0.1, 0.15) is 0 Å². The molecule has 1 aliphatic rings. The number of hydrogen-bond acceptors (Lipinski definition) is 1. The lowest BCUT2D eigenvalue weighted by atomic mass is 9.98. The molecule has 0 aromatic carbocycles. The summed E-state index contributed by atoms with van der Waals surface area (Å²) in [5, 5.41) is 0. The molecule has 0 aromatic heterocycles. The van der Waals surface area contributed by atoms with Crippen LogP contribution < -0.4 is 0 Å². The molecular weight excluding hydrogens is 237 g/mol. The van der Waals surface area contributed by atoms with Crippen LogP contribution in [0.2, 0.25) is 0 Å². The van der Waals surface area contributed by atoms with Gasteiger partial charge in [-0.2, -0.15) is 0 Å². The van der Waals surface area contributed by atoms with Crippen molar-refractivity contribution in [1.82, 2.24) is 0 Å². The molecule has 12 heavy (non-hydrogen) atoms. The van der Waals surface area contributed by atoms with Crippen molar-refractivity contribution in [2.24, 2.45) is 0 Å². The highest BCUT2D eigenvalue weighted by Gasteiger charge is 2.34. The second kappa shape index (κ2) is 3.96. The summed E-state index contributed by atoms with van der Waals surface area (Å²) in [5.41, 5.74) is 0. The van der Waals surface area contributed by atoms with E-state index in [0.717, 1.165) is 12.8 Å². The summed E-state index contributed by atoms with van der Waals surface area (Å²) in [5.74, 6) is 0. The summed E-state index contributed by atoms with van der Waals surface area (Å²) in [6, 6.07) is 0. The molecule has 0 radical (unpaired) electrons. The first-order valence-corrected chi connectivity index (χ1v) is 4.77. The second-order valence-electron chi connectivity index (χ2n) is 2.94. The average Bonchev–Trinajstić information content (AvgIpc) is 1.91. The van der Waals surface area contributed by atoms with Gasteiger partial charge in [-0.3, -0.25) is 4.74 Å². The molecule has 0 aromatic rings. The van der Waals surface area contributed by atoms with Gasteiger partial charge < -0.3 is 0 Å². The van der Waals surface area contributed by atoms with Crippen LogP contribution in [0.5, 0.6) is 0 Å². The van der Waals surface area contributed by atoms with E-state index in [1.54, 1.807) is 0 Å². The average molecular weight is 247 g/mol. The van der Waals surface area contributed by atoms with Crippen LogP contribution in [0.3, 0.4) is 0 Å². The standard InChI is InChI=1S/C7H10BrF3O/c8-5-1-3-6(4-2-5)12-7(9,10)11/h5-6H,1-4H2. The third-order valence-electron chi connectivity index (χ3n) is 1.90. The molecule has 0 N–H and O–H groups in total. The van der Waals surface area contributed by atoms with Gasteiger partial charge in [-0.05, 0) is 25.7 Å². The fourth-order valence-corrected chi connectivity index (χ4v) is 1.86. The van der Waals surface area contributed by atoms with E-state index in [-0.39, 0.29) is 0 Å². The zero-order chi connectivity index (χ0) is 9.19. The van der Waals surface area contributed by atoms with Crippen LogP contribution in [0.1, 0.15) is 25.7 Å². The molecule has 1 aliphatic carbocycles. The van der Waals surface area contributed by atoms with Crippen molar-refractivity contribution in [3.63, 3.8) is 0 Å². The van der Waals surface area contributed by atoms with Gasteiger partial charge in [0, 0.05) is 4.83 Å². The van der Waals surface area contributed by atoms with Crippen LogP contribution in [0.25, 0.3) is 0 Å². The van der Waals surface area contributed by atoms with Gasteiger partial charge in [-0.15, -0.1) is 13.2 Å². The summed E-state index contributed by atoms with van der Waals surface area (Å²) in [7, 11) is 0. The lowest BCUT2D eigenvalue weighted by molar-refractivity contribution is -0.345. The maximum absolute atomic E-state index is 11.7. The van der Waals surface area contributed by atoms with Crippen LogP contribution >= 0.6 is 15.9 Å². The molecular formula is C7H10BrF3O. The molecule has 0 unspecified atom stereocenters. The van der Waals surface area contributed by atoms with Crippen molar-refractivity contribution in [2.45, 2.75) is 43.0 Å². The van der Waals surface area contributed by atoms with Crippen molar-refractivity contribution in [1.29, 1.82) is 0 Å². The minimum absolute atomic E-state index is 0.366. The fourth-order valence-electron chi connectivity index (χ4n) is 1.33. The molecule has 0 saturated heterocycles. The van der Waals surface area contributed by atoms with E-state index in [2.05, 4.69) is 20.7 Å². The quantitative estimate of drug-likeness (QED) is 0.646. The topological polar surface area (TPSA) is 9.23 Å². The fraction of sp³-hybridized carbons (Fsp3) is 1.00. The van der Waals surface area contributed by atoms with Gasteiger partial charge in [0.05, 0.1) is 6.10 Å². The lowest BCUT2D eigenvalue weighted by Crippen LogP contribution is -2.28. The minimum atomic E-state index is -4.47. The maximum atomic E-state index is 11.7. The zero-order valence-electron chi connectivity index (χ0n) is 6.40. The van der Waals surface area contributed by atoms with Gasteiger partial charge in [0.2, 0.25) is 0 Å². The molecule has 0 spiro atoms. The third kappa shape index (κ3) is 3.76. The summed E-state index contributed by atoms with van der Waals surface area (Å²) in [4.78, 5) is 0.366. The minimum Gasteiger partial charge on any atom is -0.289 e. The van der Waals surface area contributed by atoms with E-state index in [4.69, 9.17) is 0 Å². The van der Waals surface area contributed by atoms with E-state index in [1.165, 1.54) is 0 Å². The van der Waals surface area contributed by atoms with Crippen LogP contribution in [0.4, 0.5) is 13.2 Å². The molecule has 5 heteroatoms. The first kappa shape index (κ1) is 10.3. The predicted octanol–water partition coefficient (Wildman–Crippen LogP) is 3.23. The van der Waals surface area contributed by atoms with Gasteiger partial charge in [-0.25, -0.2) is 0 Å². The van der Waals surface area contributed by atoms with Gasteiger partial charge in [0.25, 0.3) is 0 Å². The number of ether oxygens (including phenoxy) is 1. The Morgan fingerprint density at radius 1 is 1.08 bits per heavy atom. The molecule has 0 heterocycles. The van der Waals surface area contributed by atoms with E-state index in [9.17, 15) is 13.2 Å². The van der Waals surface area contributed by atoms with Crippen molar-refractivity contribution in [3.8, 4) is 0 Å². The Balaban J connectivity index is 2.26. The smallest absolute Gasteiger partial charge is 0.289 e. The Kier molecular flexibility index (Phi) is 3.40. The monoisotopic (exact) mass is 246 g/mol. The zero-order valence-corrected chi connectivity index (χ0v) is 7.99. The predicted molar refractivity (Wildman–Crippen MR) is 42.1 cm³/mol. The number of alkyl halides is 4. The summed E-state index contributed by atoms with van der Waals surface area (Å²) in [6.45, 7) is 0. The molecule has 1 saturated carbocycles. The first-order chi connectivity index (χ1) is 5.47. The Morgan fingerprint density at radius 2 is 1.58 bits per heavy atom. The highest BCUT2D eigenvalue weighted by Crippen LogP contribution is 2.30. The van der Waals surface area contributed by atoms with E-state index in [0.29, 0.717) is 17.7 Å². The number of rotatable bonds is 1.